The van der Waals surface area contributed by atoms with Crippen molar-refractivity contribution in [1.82, 2.24) is 19.5 Å². The fraction of sp³-hybridized carbons (Fsp3) is 0.200. The summed E-state index contributed by atoms with van der Waals surface area (Å²) in [7, 11) is -1.84. The number of hydrazine groups is 1. The summed E-state index contributed by atoms with van der Waals surface area (Å²) >= 11 is 0. The number of hydrogen-bond acceptors (Lipinski definition) is 6. The van der Waals surface area contributed by atoms with E-state index in [9.17, 15) is 8.42 Å². The van der Waals surface area contributed by atoms with E-state index in [-0.39, 0.29) is 17.3 Å². The molecule has 0 saturated heterocycles. The average Bonchev–Trinajstić information content (AvgIpc) is 2.82. The van der Waals surface area contributed by atoms with Gasteiger partial charge in [-0.25, -0.2) is 24.0 Å². The van der Waals surface area contributed by atoms with Crippen molar-refractivity contribution in [3.05, 3.63) is 36.3 Å². The van der Waals surface area contributed by atoms with Crippen LogP contribution >= 0.6 is 0 Å². The van der Waals surface area contributed by atoms with Gasteiger partial charge in [-0.2, -0.15) is 5.10 Å². The molecule has 19 heavy (non-hydrogen) atoms. The Morgan fingerprint density at radius 1 is 1.47 bits per heavy atom. The van der Waals surface area contributed by atoms with Crippen molar-refractivity contribution in [1.29, 1.82) is 0 Å². The zero-order valence-corrected chi connectivity index (χ0v) is 11.1. The summed E-state index contributed by atoms with van der Waals surface area (Å²) < 4.78 is 28.2. The minimum atomic E-state index is -3.60. The Kier molecular flexibility index (Phi) is 3.79. The molecule has 0 unspecified atom stereocenters. The Bertz CT molecular complexity index is 666. The lowest BCUT2D eigenvalue weighted by molar-refractivity contribution is 0.581. The maximum atomic E-state index is 12.0. The van der Waals surface area contributed by atoms with E-state index < -0.39 is 10.0 Å². The molecule has 0 radical (unpaired) electrons. The van der Waals surface area contributed by atoms with Gasteiger partial charge in [-0.15, -0.1) is 0 Å². The third-order valence-electron chi connectivity index (χ3n) is 2.41. The Morgan fingerprint density at radius 2 is 2.26 bits per heavy atom. The number of rotatable bonds is 5. The lowest BCUT2D eigenvalue weighted by atomic mass is 10.4. The van der Waals surface area contributed by atoms with Gasteiger partial charge in [0.1, 0.15) is 5.82 Å². The van der Waals surface area contributed by atoms with Gasteiger partial charge in [-0.1, -0.05) is 0 Å². The summed E-state index contributed by atoms with van der Waals surface area (Å²) in [6, 6.07) is 2.75. The van der Waals surface area contributed by atoms with Crippen LogP contribution in [0.5, 0.6) is 0 Å². The van der Waals surface area contributed by atoms with Crippen LogP contribution in [0.3, 0.4) is 0 Å². The van der Waals surface area contributed by atoms with Gasteiger partial charge in [0.25, 0.3) is 0 Å². The highest BCUT2D eigenvalue weighted by Gasteiger charge is 2.14. The maximum absolute atomic E-state index is 12.0. The zero-order chi connectivity index (χ0) is 13.9. The molecule has 0 aliphatic rings. The van der Waals surface area contributed by atoms with Gasteiger partial charge in [0.15, 0.2) is 0 Å². The van der Waals surface area contributed by atoms with Crippen molar-refractivity contribution >= 4 is 15.8 Å². The van der Waals surface area contributed by atoms with Crippen molar-refractivity contribution in [3.8, 4) is 0 Å². The molecule has 0 aliphatic heterocycles. The highest BCUT2D eigenvalue weighted by Crippen LogP contribution is 2.12. The second kappa shape index (κ2) is 5.34. The molecule has 0 aromatic carbocycles. The number of aromatic nitrogens is 3. The van der Waals surface area contributed by atoms with E-state index in [4.69, 9.17) is 5.84 Å². The third-order valence-corrected chi connectivity index (χ3v) is 3.81. The molecule has 2 aromatic heterocycles. The first kappa shape index (κ1) is 13.5. The second-order valence-electron chi connectivity index (χ2n) is 3.87. The van der Waals surface area contributed by atoms with E-state index in [1.54, 1.807) is 24.1 Å². The topological polar surface area (TPSA) is 115 Å². The lowest BCUT2D eigenvalue weighted by Gasteiger charge is -2.06. The van der Waals surface area contributed by atoms with Crippen LogP contribution in [0.2, 0.25) is 0 Å². The first-order valence-electron chi connectivity index (χ1n) is 5.41. The van der Waals surface area contributed by atoms with Crippen molar-refractivity contribution in [2.45, 2.75) is 11.4 Å². The summed E-state index contributed by atoms with van der Waals surface area (Å²) in [4.78, 5) is 3.95. The first-order chi connectivity index (χ1) is 9.01. The third kappa shape index (κ3) is 3.28. The predicted octanol–water partition coefficient (Wildman–Crippen LogP) is -0.421. The Labute approximate surface area is 110 Å². The lowest BCUT2D eigenvalue weighted by Crippen LogP contribution is -2.23. The monoisotopic (exact) mass is 282 g/mol. The Balaban J connectivity index is 2.13. The van der Waals surface area contributed by atoms with Gasteiger partial charge in [0, 0.05) is 37.6 Å². The van der Waals surface area contributed by atoms with Crippen LogP contribution in [-0.4, -0.2) is 23.2 Å². The average molecular weight is 282 g/mol. The molecule has 0 bridgehead atoms. The number of nitrogens with one attached hydrogen (secondary N) is 2. The van der Waals surface area contributed by atoms with Crippen molar-refractivity contribution in [2.24, 2.45) is 12.9 Å². The molecule has 2 aromatic rings. The van der Waals surface area contributed by atoms with Crippen LogP contribution < -0.4 is 16.0 Å². The molecule has 0 spiro atoms. The largest absolute Gasteiger partial charge is 0.308 e. The van der Waals surface area contributed by atoms with Crippen LogP contribution in [0.4, 0.5) is 5.82 Å². The van der Waals surface area contributed by atoms with Gasteiger partial charge in [0.2, 0.25) is 10.0 Å². The van der Waals surface area contributed by atoms with Gasteiger partial charge >= 0.3 is 0 Å². The summed E-state index contributed by atoms with van der Waals surface area (Å²) in [6.07, 6.45) is 4.71. The maximum Gasteiger partial charge on any atom is 0.241 e. The summed E-state index contributed by atoms with van der Waals surface area (Å²) in [5, 5.41) is 3.96. The molecule has 0 atom stereocenters. The van der Waals surface area contributed by atoms with E-state index in [0.29, 0.717) is 0 Å². The number of hydrogen-bond donors (Lipinski definition) is 3. The summed E-state index contributed by atoms with van der Waals surface area (Å²) in [5.41, 5.74) is 3.08. The molecule has 0 fully saturated rings. The Morgan fingerprint density at radius 3 is 2.89 bits per heavy atom. The molecular formula is C10H14N6O2S. The number of anilines is 1. The number of nitrogens with two attached hydrogens (primary N) is 1. The highest BCUT2D eigenvalue weighted by atomic mass is 32.2. The van der Waals surface area contributed by atoms with Crippen LogP contribution in [0, 0.1) is 0 Å². The molecule has 4 N–H and O–H groups in total. The first-order valence-corrected chi connectivity index (χ1v) is 6.89. The Hall–Kier alpha value is -1.97. The smallest absolute Gasteiger partial charge is 0.241 e. The highest BCUT2D eigenvalue weighted by molar-refractivity contribution is 7.89. The fourth-order valence-electron chi connectivity index (χ4n) is 1.48. The number of sulfonamides is 1. The number of aryl methyl sites for hydroxylation is 1. The van der Waals surface area contributed by atoms with E-state index in [1.807, 2.05) is 0 Å². The predicted molar refractivity (Wildman–Crippen MR) is 69.3 cm³/mol. The molecule has 2 heterocycles. The molecule has 0 amide bonds. The fourth-order valence-corrected chi connectivity index (χ4v) is 2.51. The van der Waals surface area contributed by atoms with E-state index in [1.165, 1.54) is 18.3 Å². The van der Waals surface area contributed by atoms with Crippen LogP contribution in [-0.2, 0) is 23.6 Å². The van der Waals surface area contributed by atoms with Gasteiger partial charge in [-0.05, 0) is 6.07 Å². The van der Waals surface area contributed by atoms with Crippen LogP contribution in [0.15, 0.2) is 35.6 Å². The summed E-state index contributed by atoms with van der Waals surface area (Å²) in [6.45, 7) is 0.171. The minimum absolute atomic E-state index is 0.0966. The van der Waals surface area contributed by atoms with Gasteiger partial charge < -0.3 is 5.43 Å². The van der Waals surface area contributed by atoms with E-state index >= 15 is 0 Å². The van der Waals surface area contributed by atoms with Crippen molar-refractivity contribution in [3.63, 3.8) is 0 Å². The number of pyridine rings is 1. The van der Waals surface area contributed by atoms with E-state index in [2.05, 4.69) is 20.2 Å². The second-order valence-corrected chi connectivity index (χ2v) is 5.63. The van der Waals surface area contributed by atoms with Crippen molar-refractivity contribution in [2.75, 3.05) is 5.43 Å². The molecule has 2 rings (SSSR count). The SMILES string of the molecule is Cn1cc(CNS(=O)(=O)c2ccnc(NN)c2)cn1. The quantitative estimate of drug-likeness (QED) is 0.507. The van der Waals surface area contributed by atoms with E-state index in [0.717, 1.165) is 5.56 Å². The molecule has 9 heteroatoms. The normalized spacial score (nSPS) is 11.5. The van der Waals surface area contributed by atoms with Crippen molar-refractivity contribution < 1.29 is 8.42 Å². The number of nitrogens with zero attached hydrogens (tertiary/aromatic N) is 3. The summed E-state index contributed by atoms with van der Waals surface area (Å²) in [5.74, 6) is 5.47. The number of nitrogen functional groups attached to an aromatic ring is 1. The van der Waals surface area contributed by atoms with Crippen LogP contribution in [0.1, 0.15) is 5.56 Å². The van der Waals surface area contributed by atoms with Gasteiger partial charge in [-0.3, -0.25) is 4.68 Å². The molecule has 0 saturated carbocycles. The molecule has 8 nitrogen and oxygen atoms in total. The minimum Gasteiger partial charge on any atom is -0.308 e. The zero-order valence-electron chi connectivity index (χ0n) is 10.2. The molecular weight excluding hydrogens is 268 g/mol. The van der Waals surface area contributed by atoms with Gasteiger partial charge in [0.05, 0.1) is 11.1 Å². The van der Waals surface area contributed by atoms with Crippen LogP contribution in [0.25, 0.3) is 0 Å². The standard InChI is InChI=1S/C10H14N6O2S/c1-16-7-8(5-13-16)6-14-19(17,18)9-2-3-12-10(4-9)15-11/h2-5,7,14H,6,11H2,1H3,(H,12,15). The molecule has 0 aliphatic carbocycles. The molecule has 102 valence electrons.